The third kappa shape index (κ3) is 0.848. The SMILES string of the molecule is CC1(C)CCNC1=S. The summed E-state index contributed by atoms with van der Waals surface area (Å²) in [4.78, 5) is 1.03. The lowest BCUT2D eigenvalue weighted by atomic mass is 9.93. The van der Waals surface area contributed by atoms with Crippen molar-refractivity contribution >= 4 is 17.2 Å². The summed E-state index contributed by atoms with van der Waals surface area (Å²) in [5.74, 6) is 0. The second kappa shape index (κ2) is 1.69. The van der Waals surface area contributed by atoms with E-state index in [9.17, 15) is 0 Å². The smallest absolute Gasteiger partial charge is 0.0811 e. The van der Waals surface area contributed by atoms with Crippen LogP contribution in [0.25, 0.3) is 0 Å². The Morgan fingerprint density at radius 1 is 1.62 bits per heavy atom. The highest BCUT2D eigenvalue weighted by molar-refractivity contribution is 7.80. The van der Waals surface area contributed by atoms with Crippen molar-refractivity contribution in [3.63, 3.8) is 0 Å². The van der Waals surface area contributed by atoms with E-state index in [4.69, 9.17) is 12.2 Å². The maximum atomic E-state index is 5.04. The van der Waals surface area contributed by atoms with Crippen LogP contribution in [0.2, 0.25) is 0 Å². The molecule has 0 aromatic carbocycles. The first-order valence-corrected chi connectivity index (χ1v) is 3.32. The second-order valence-corrected chi connectivity index (χ2v) is 3.30. The van der Waals surface area contributed by atoms with Gasteiger partial charge in [0.2, 0.25) is 0 Å². The first-order valence-electron chi connectivity index (χ1n) is 2.91. The van der Waals surface area contributed by atoms with E-state index in [-0.39, 0.29) is 5.41 Å². The number of hydrogen-bond acceptors (Lipinski definition) is 1. The molecule has 0 saturated carbocycles. The van der Waals surface area contributed by atoms with E-state index in [0.29, 0.717) is 0 Å². The molecular formula is C6H11NS. The molecule has 0 aromatic rings. The molecule has 1 saturated heterocycles. The summed E-state index contributed by atoms with van der Waals surface area (Å²) in [6.45, 7) is 5.41. The van der Waals surface area contributed by atoms with Crippen molar-refractivity contribution in [2.45, 2.75) is 20.3 Å². The van der Waals surface area contributed by atoms with Gasteiger partial charge in [0.05, 0.1) is 4.99 Å². The molecule has 1 N–H and O–H groups in total. The molecule has 0 aliphatic carbocycles. The molecule has 0 atom stereocenters. The van der Waals surface area contributed by atoms with E-state index in [1.54, 1.807) is 0 Å². The van der Waals surface area contributed by atoms with Crippen LogP contribution in [0.1, 0.15) is 20.3 Å². The lowest BCUT2D eigenvalue weighted by Gasteiger charge is -2.13. The Morgan fingerprint density at radius 2 is 2.25 bits per heavy atom. The summed E-state index contributed by atoms with van der Waals surface area (Å²) in [5.41, 5.74) is 0.273. The maximum absolute atomic E-state index is 5.04. The van der Waals surface area contributed by atoms with Crippen molar-refractivity contribution in [2.24, 2.45) is 5.41 Å². The van der Waals surface area contributed by atoms with E-state index < -0.39 is 0 Å². The Hall–Kier alpha value is -0.110. The average molecular weight is 129 g/mol. The Balaban J connectivity index is 2.68. The molecule has 8 heavy (non-hydrogen) atoms. The van der Waals surface area contributed by atoms with Gasteiger partial charge in [-0.3, -0.25) is 0 Å². The minimum atomic E-state index is 0.273. The van der Waals surface area contributed by atoms with Gasteiger partial charge in [-0.25, -0.2) is 0 Å². The standard InChI is InChI=1S/C6H11NS/c1-6(2)3-4-7-5(6)8/h3-4H2,1-2H3,(H,7,8). The van der Waals surface area contributed by atoms with Gasteiger partial charge in [-0.15, -0.1) is 0 Å². The van der Waals surface area contributed by atoms with Crippen LogP contribution in [0, 0.1) is 5.41 Å². The van der Waals surface area contributed by atoms with Crippen LogP contribution in [-0.4, -0.2) is 11.5 Å². The topological polar surface area (TPSA) is 12.0 Å². The molecule has 1 aliphatic rings. The van der Waals surface area contributed by atoms with Gasteiger partial charge in [0.1, 0.15) is 0 Å². The van der Waals surface area contributed by atoms with Crippen molar-refractivity contribution < 1.29 is 0 Å². The Kier molecular flexibility index (Phi) is 1.27. The highest BCUT2D eigenvalue weighted by Crippen LogP contribution is 2.25. The third-order valence-electron chi connectivity index (χ3n) is 1.65. The highest BCUT2D eigenvalue weighted by atomic mass is 32.1. The monoisotopic (exact) mass is 129 g/mol. The van der Waals surface area contributed by atoms with E-state index in [0.717, 1.165) is 11.5 Å². The predicted octanol–water partition coefficient (Wildman–Crippen LogP) is 1.33. The molecule has 46 valence electrons. The summed E-state index contributed by atoms with van der Waals surface area (Å²) in [6.07, 6.45) is 1.19. The molecule has 1 aliphatic heterocycles. The third-order valence-corrected chi connectivity index (χ3v) is 2.35. The van der Waals surface area contributed by atoms with Crippen LogP contribution in [0.4, 0.5) is 0 Å². The summed E-state index contributed by atoms with van der Waals surface area (Å²) in [7, 11) is 0. The minimum Gasteiger partial charge on any atom is -0.379 e. The van der Waals surface area contributed by atoms with Crippen molar-refractivity contribution in [2.75, 3.05) is 6.54 Å². The lowest BCUT2D eigenvalue weighted by Crippen LogP contribution is -2.22. The summed E-state index contributed by atoms with van der Waals surface area (Å²) in [6, 6.07) is 0. The van der Waals surface area contributed by atoms with Gasteiger partial charge in [0.25, 0.3) is 0 Å². The molecule has 0 amide bonds. The first kappa shape index (κ1) is 6.02. The van der Waals surface area contributed by atoms with Gasteiger partial charge in [0, 0.05) is 12.0 Å². The van der Waals surface area contributed by atoms with Crippen molar-refractivity contribution in [3.05, 3.63) is 0 Å². The second-order valence-electron chi connectivity index (χ2n) is 2.89. The van der Waals surface area contributed by atoms with E-state index >= 15 is 0 Å². The van der Waals surface area contributed by atoms with Crippen molar-refractivity contribution in [1.82, 2.24) is 5.32 Å². The number of rotatable bonds is 0. The zero-order valence-corrected chi connectivity index (χ0v) is 6.14. The van der Waals surface area contributed by atoms with Crippen molar-refractivity contribution in [3.8, 4) is 0 Å². The summed E-state index contributed by atoms with van der Waals surface area (Å²) in [5, 5.41) is 3.14. The Labute approximate surface area is 55.5 Å². The molecule has 0 spiro atoms. The average Bonchev–Trinajstić information content (AvgIpc) is 1.86. The van der Waals surface area contributed by atoms with Gasteiger partial charge in [0.15, 0.2) is 0 Å². The fourth-order valence-corrected chi connectivity index (χ4v) is 1.05. The number of hydrogen-bond donors (Lipinski definition) is 1. The zero-order valence-electron chi connectivity index (χ0n) is 5.32. The number of nitrogens with one attached hydrogen (secondary N) is 1. The predicted molar refractivity (Wildman–Crippen MR) is 39.0 cm³/mol. The van der Waals surface area contributed by atoms with E-state index in [1.807, 2.05) is 0 Å². The quantitative estimate of drug-likeness (QED) is 0.495. The van der Waals surface area contributed by atoms with Crippen LogP contribution in [-0.2, 0) is 0 Å². The minimum absolute atomic E-state index is 0.273. The largest absolute Gasteiger partial charge is 0.379 e. The normalized spacial score (nSPS) is 25.5. The molecule has 1 nitrogen and oxygen atoms in total. The molecular weight excluding hydrogens is 118 g/mol. The Bertz CT molecular complexity index is 118. The van der Waals surface area contributed by atoms with Gasteiger partial charge in [-0.1, -0.05) is 26.1 Å². The van der Waals surface area contributed by atoms with Gasteiger partial charge < -0.3 is 5.32 Å². The lowest BCUT2D eigenvalue weighted by molar-refractivity contribution is 0.531. The van der Waals surface area contributed by atoms with Crippen LogP contribution in [0.5, 0.6) is 0 Å². The molecule has 0 radical (unpaired) electrons. The Morgan fingerprint density at radius 3 is 2.38 bits per heavy atom. The van der Waals surface area contributed by atoms with Gasteiger partial charge in [-0.05, 0) is 6.42 Å². The van der Waals surface area contributed by atoms with E-state index in [2.05, 4.69) is 19.2 Å². The fourth-order valence-electron chi connectivity index (χ4n) is 0.841. The molecule has 0 bridgehead atoms. The van der Waals surface area contributed by atoms with Crippen LogP contribution in [0.3, 0.4) is 0 Å². The molecule has 0 aromatic heterocycles. The fraction of sp³-hybridized carbons (Fsp3) is 0.833. The van der Waals surface area contributed by atoms with Crippen molar-refractivity contribution in [1.29, 1.82) is 0 Å². The van der Waals surface area contributed by atoms with Gasteiger partial charge >= 0.3 is 0 Å². The molecule has 2 heteroatoms. The van der Waals surface area contributed by atoms with Gasteiger partial charge in [-0.2, -0.15) is 0 Å². The summed E-state index contributed by atoms with van der Waals surface area (Å²) >= 11 is 5.04. The van der Waals surface area contributed by atoms with E-state index in [1.165, 1.54) is 6.42 Å². The van der Waals surface area contributed by atoms with Crippen LogP contribution < -0.4 is 5.32 Å². The maximum Gasteiger partial charge on any atom is 0.0811 e. The molecule has 1 rings (SSSR count). The highest BCUT2D eigenvalue weighted by Gasteiger charge is 2.27. The molecule has 0 unspecified atom stereocenters. The van der Waals surface area contributed by atoms with Crippen LogP contribution in [0.15, 0.2) is 0 Å². The molecule has 1 heterocycles. The first-order chi connectivity index (χ1) is 3.63. The zero-order chi connectivity index (χ0) is 6.20. The van der Waals surface area contributed by atoms with Crippen LogP contribution >= 0.6 is 12.2 Å². The summed E-state index contributed by atoms with van der Waals surface area (Å²) < 4.78 is 0. The molecule has 1 fully saturated rings. The number of thiocarbonyl (C=S) groups is 1.